The molecule has 1 aromatic carbocycles. The zero-order chi connectivity index (χ0) is 15.8. The molecule has 1 aliphatic carbocycles. The standard InChI is InChI=1S/C14H15F4NO2/c1-13(7-20,9-2-3-9)19-12(21)8-4-10(14(16,17)18)6-11(15)5-8/h4-6,9,20H,2-3,7H2,1H3,(H,19,21). The van der Waals surface area contributed by atoms with E-state index in [9.17, 15) is 27.5 Å². The number of halogens is 4. The normalized spacial score (nSPS) is 18.2. The lowest BCUT2D eigenvalue weighted by molar-refractivity contribution is -0.137. The summed E-state index contributed by atoms with van der Waals surface area (Å²) in [7, 11) is 0. The van der Waals surface area contributed by atoms with Crippen LogP contribution in [0.15, 0.2) is 18.2 Å². The highest BCUT2D eigenvalue weighted by atomic mass is 19.4. The van der Waals surface area contributed by atoms with E-state index >= 15 is 0 Å². The van der Waals surface area contributed by atoms with Gasteiger partial charge in [-0.05, 0) is 43.9 Å². The molecule has 0 aromatic heterocycles. The molecule has 1 unspecified atom stereocenters. The minimum absolute atomic E-state index is 0.0853. The van der Waals surface area contributed by atoms with Crippen LogP contribution in [0.1, 0.15) is 35.7 Å². The van der Waals surface area contributed by atoms with Crippen LogP contribution < -0.4 is 5.32 Å². The smallest absolute Gasteiger partial charge is 0.394 e. The predicted octanol–water partition coefficient (Wildman–Crippen LogP) is 2.74. The summed E-state index contributed by atoms with van der Waals surface area (Å²) in [5.74, 6) is -1.88. The Bertz CT molecular complexity index is 554. The maximum absolute atomic E-state index is 13.3. The van der Waals surface area contributed by atoms with E-state index in [1.807, 2.05) is 0 Å². The van der Waals surface area contributed by atoms with Crippen LogP contribution in [0.25, 0.3) is 0 Å². The van der Waals surface area contributed by atoms with Gasteiger partial charge in [0.15, 0.2) is 0 Å². The van der Waals surface area contributed by atoms with Gasteiger partial charge in [0.1, 0.15) is 5.82 Å². The fourth-order valence-corrected chi connectivity index (χ4v) is 2.21. The number of aliphatic hydroxyl groups excluding tert-OH is 1. The second-order valence-corrected chi connectivity index (χ2v) is 5.53. The van der Waals surface area contributed by atoms with Crippen LogP contribution >= 0.6 is 0 Å². The topological polar surface area (TPSA) is 49.3 Å². The number of hydrogen-bond donors (Lipinski definition) is 2. The van der Waals surface area contributed by atoms with Crippen LogP contribution in [-0.4, -0.2) is 23.2 Å². The molecular weight excluding hydrogens is 290 g/mol. The summed E-state index contributed by atoms with van der Waals surface area (Å²) in [5.41, 5.74) is -2.53. The van der Waals surface area contributed by atoms with E-state index in [1.165, 1.54) is 0 Å². The third-order valence-electron chi connectivity index (χ3n) is 3.69. The molecule has 116 valence electrons. The van der Waals surface area contributed by atoms with Gasteiger partial charge < -0.3 is 10.4 Å². The lowest BCUT2D eigenvalue weighted by Gasteiger charge is -2.28. The van der Waals surface area contributed by atoms with E-state index in [4.69, 9.17) is 0 Å². The van der Waals surface area contributed by atoms with Crippen molar-refractivity contribution in [3.8, 4) is 0 Å². The minimum Gasteiger partial charge on any atom is -0.394 e. The number of alkyl halides is 3. The van der Waals surface area contributed by atoms with Crippen molar-refractivity contribution in [3.05, 3.63) is 35.1 Å². The van der Waals surface area contributed by atoms with Gasteiger partial charge in [-0.3, -0.25) is 4.79 Å². The second-order valence-electron chi connectivity index (χ2n) is 5.53. The first-order chi connectivity index (χ1) is 9.65. The summed E-state index contributed by atoms with van der Waals surface area (Å²) in [6.07, 6.45) is -3.07. The van der Waals surface area contributed by atoms with E-state index in [0.717, 1.165) is 18.9 Å². The Morgan fingerprint density at radius 1 is 1.33 bits per heavy atom. The largest absolute Gasteiger partial charge is 0.416 e. The molecule has 0 bridgehead atoms. The van der Waals surface area contributed by atoms with Crippen LogP contribution in [0.4, 0.5) is 17.6 Å². The fourth-order valence-electron chi connectivity index (χ4n) is 2.21. The predicted molar refractivity (Wildman–Crippen MR) is 67.1 cm³/mol. The van der Waals surface area contributed by atoms with Crippen LogP contribution in [0.2, 0.25) is 0 Å². The molecule has 0 heterocycles. The summed E-state index contributed by atoms with van der Waals surface area (Å²) < 4.78 is 51.1. The average Bonchev–Trinajstić information content (AvgIpc) is 3.21. The molecule has 0 radical (unpaired) electrons. The summed E-state index contributed by atoms with van der Waals surface area (Å²) in [5, 5.41) is 11.9. The monoisotopic (exact) mass is 305 g/mol. The molecule has 21 heavy (non-hydrogen) atoms. The van der Waals surface area contributed by atoms with E-state index in [1.54, 1.807) is 6.92 Å². The van der Waals surface area contributed by atoms with E-state index < -0.39 is 34.6 Å². The summed E-state index contributed by atoms with van der Waals surface area (Å²) in [4.78, 5) is 12.0. The number of carbonyl (C=O) groups is 1. The number of nitrogens with one attached hydrogen (secondary N) is 1. The Kier molecular flexibility index (Phi) is 3.97. The van der Waals surface area contributed by atoms with Gasteiger partial charge in [-0.2, -0.15) is 13.2 Å². The van der Waals surface area contributed by atoms with Crippen molar-refractivity contribution in [3.63, 3.8) is 0 Å². The van der Waals surface area contributed by atoms with Gasteiger partial charge in [-0.15, -0.1) is 0 Å². The van der Waals surface area contributed by atoms with Crippen LogP contribution in [-0.2, 0) is 6.18 Å². The molecule has 1 atom stereocenters. The van der Waals surface area contributed by atoms with Crippen molar-refractivity contribution >= 4 is 5.91 Å². The molecule has 1 saturated carbocycles. The van der Waals surface area contributed by atoms with Gasteiger partial charge in [0.2, 0.25) is 0 Å². The van der Waals surface area contributed by atoms with Gasteiger partial charge in [-0.25, -0.2) is 4.39 Å². The van der Waals surface area contributed by atoms with Gasteiger partial charge >= 0.3 is 6.18 Å². The number of rotatable bonds is 4. The van der Waals surface area contributed by atoms with Crippen molar-refractivity contribution in [2.75, 3.05) is 6.61 Å². The highest BCUT2D eigenvalue weighted by Gasteiger charge is 2.42. The molecular formula is C14H15F4NO2. The molecule has 2 rings (SSSR count). The summed E-state index contributed by atoms with van der Waals surface area (Å²) >= 11 is 0. The Hall–Kier alpha value is -1.63. The van der Waals surface area contributed by atoms with Crippen molar-refractivity contribution in [2.45, 2.75) is 31.5 Å². The molecule has 0 saturated heterocycles. The molecule has 1 aromatic rings. The fraction of sp³-hybridized carbons (Fsp3) is 0.500. The lowest BCUT2D eigenvalue weighted by Crippen LogP contribution is -2.50. The molecule has 1 amide bonds. The Labute approximate surface area is 119 Å². The number of hydrogen-bond acceptors (Lipinski definition) is 2. The summed E-state index contributed by atoms with van der Waals surface area (Å²) in [6, 6.07) is 1.68. The lowest BCUT2D eigenvalue weighted by atomic mass is 9.96. The maximum atomic E-state index is 13.3. The zero-order valence-electron chi connectivity index (χ0n) is 11.3. The van der Waals surface area contributed by atoms with Crippen molar-refractivity contribution in [1.29, 1.82) is 0 Å². The van der Waals surface area contributed by atoms with Crippen molar-refractivity contribution < 1.29 is 27.5 Å². The van der Waals surface area contributed by atoms with Crippen molar-refractivity contribution in [1.82, 2.24) is 5.32 Å². The van der Waals surface area contributed by atoms with Crippen LogP contribution in [0.5, 0.6) is 0 Å². The number of amides is 1. The number of aliphatic hydroxyl groups is 1. The Morgan fingerprint density at radius 2 is 1.95 bits per heavy atom. The van der Waals surface area contributed by atoms with Gasteiger partial charge in [-0.1, -0.05) is 0 Å². The van der Waals surface area contributed by atoms with Gasteiger partial charge in [0.05, 0.1) is 17.7 Å². The van der Waals surface area contributed by atoms with Crippen LogP contribution in [0, 0.1) is 11.7 Å². The summed E-state index contributed by atoms with van der Waals surface area (Å²) in [6.45, 7) is 1.29. The van der Waals surface area contributed by atoms with E-state index in [0.29, 0.717) is 12.1 Å². The van der Waals surface area contributed by atoms with Crippen molar-refractivity contribution in [2.24, 2.45) is 5.92 Å². The molecule has 2 N–H and O–H groups in total. The second kappa shape index (κ2) is 5.29. The van der Waals surface area contributed by atoms with E-state index in [-0.39, 0.29) is 12.5 Å². The number of benzene rings is 1. The molecule has 0 aliphatic heterocycles. The Balaban J connectivity index is 2.25. The number of carbonyl (C=O) groups excluding carboxylic acids is 1. The van der Waals surface area contributed by atoms with E-state index in [2.05, 4.69) is 5.32 Å². The molecule has 1 aliphatic rings. The Morgan fingerprint density at radius 3 is 2.43 bits per heavy atom. The zero-order valence-corrected chi connectivity index (χ0v) is 11.3. The first kappa shape index (κ1) is 15.8. The molecule has 3 nitrogen and oxygen atoms in total. The first-order valence-electron chi connectivity index (χ1n) is 6.47. The highest BCUT2D eigenvalue weighted by Crippen LogP contribution is 2.39. The third-order valence-corrected chi connectivity index (χ3v) is 3.69. The average molecular weight is 305 g/mol. The minimum atomic E-state index is -4.73. The third kappa shape index (κ3) is 3.53. The molecule has 1 fully saturated rings. The quantitative estimate of drug-likeness (QED) is 0.840. The first-order valence-corrected chi connectivity index (χ1v) is 6.47. The molecule has 0 spiro atoms. The SMILES string of the molecule is CC(CO)(NC(=O)c1cc(F)cc(C(F)(F)F)c1)C1CC1. The highest BCUT2D eigenvalue weighted by molar-refractivity contribution is 5.95. The maximum Gasteiger partial charge on any atom is 0.416 e. The van der Waals surface area contributed by atoms with Crippen LogP contribution in [0.3, 0.4) is 0 Å². The van der Waals surface area contributed by atoms with Gasteiger partial charge in [0, 0.05) is 5.56 Å². The van der Waals surface area contributed by atoms with Gasteiger partial charge in [0.25, 0.3) is 5.91 Å². The molecule has 7 heteroatoms.